The molecule has 3 aromatic carbocycles. The second-order valence-electron chi connectivity index (χ2n) is 10.8. The Morgan fingerprint density at radius 1 is 0.878 bits per heavy atom. The average Bonchev–Trinajstić information content (AvgIpc) is 2.93. The van der Waals surface area contributed by atoms with Crippen molar-refractivity contribution in [2.45, 2.75) is 72.0 Å². The summed E-state index contributed by atoms with van der Waals surface area (Å²) in [4.78, 5) is 29.1. The number of anilines is 1. The van der Waals surface area contributed by atoms with E-state index < -0.39 is 16.1 Å². The van der Waals surface area contributed by atoms with Crippen molar-refractivity contribution in [2.24, 2.45) is 0 Å². The smallest absolute Gasteiger partial charge is 0.243 e. The fourth-order valence-corrected chi connectivity index (χ4v) is 5.77. The first kappa shape index (κ1) is 31.9. The van der Waals surface area contributed by atoms with E-state index in [-0.39, 0.29) is 37.4 Å². The van der Waals surface area contributed by atoms with E-state index in [9.17, 15) is 18.0 Å². The van der Waals surface area contributed by atoms with E-state index in [4.69, 9.17) is 0 Å². The Morgan fingerprint density at radius 3 is 2.10 bits per heavy atom. The van der Waals surface area contributed by atoms with Crippen LogP contribution in [0.1, 0.15) is 55.9 Å². The number of sulfonamides is 1. The number of carbonyl (C=O) groups excluding carboxylic acids is 2. The van der Waals surface area contributed by atoms with Gasteiger partial charge in [-0.05, 0) is 68.0 Å². The number of hydrogen-bond acceptors (Lipinski definition) is 4. The minimum atomic E-state index is -3.55. The molecule has 0 aliphatic heterocycles. The van der Waals surface area contributed by atoms with Crippen LogP contribution >= 0.6 is 0 Å². The Balaban J connectivity index is 1.88. The third kappa shape index (κ3) is 9.46. The molecule has 0 aromatic heterocycles. The van der Waals surface area contributed by atoms with E-state index in [1.54, 1.807) is 17.0 Å². The van der Waals surface area contributed by atoms with Crippen LogP contribution in [0, 0.1) is 6.92 Å². The number of nitrogens with zero attached hydrogens (tertiary/aromatic N) is 2. The molecule has 0 saturated carbocycles. The van der Waals surface area contributed by atoms with E-state index in [0.717, 1.165) is 28.7 Å². The summed E-state index contributed by atoms with van der Waals surface area (Å²) in [5, 5.41) is 3.00. The van der Waals surface area contributed by atoms with Gasteiger partial charge in [-0.3, -0.25) is 13.9 Å². The van der Waals surface area contributed by atoms with Crippen LogP contribution < -0.4 is 9.62 Å². The molecule has 0 fully saturated rings. The zero-order chi connectivity index (χ0) is 30.0. The summed E-state index contributed by atoms with van der Waals surface area (Å²) in [6.45, 7) is 8.28. The van der Waals surface area contributed by atoms with Gasteiger partial charge in [0.2, 0.25) is 21.8 Å². The van der Waals surface area contributed by atoms with Crippen LogP contribution in [-0.2, 0) is 39.0 Å². The zero-order valence-electron chi connectivity index (χ0n) is 24.8. The average molecular weight is 578 g/mol. The number of rotatable bonds is 14. The Labute approximate surface area is 245 Å². The minimum Gasteiger partial charge on any atom is -0.352 e. The monoisotopic (exact) mass is 577 g/mol. The largest absolute Gasteiger partial charge is 0.352 e. The maximum Gasteiger partial charge on any atom is 0.243 e. The minimum absolute atomic E-state index is 0.0846. The first-order chi connectivity index (χ1) is 19.5. The molecule has 0 saturated heterocycles. The molecule has 1 N–H and O–H groups in total. The van der Waals surface area contributed by atoms with Crippen molar-refractivity contribution >= 4 is 27.5 Å². The van der Waals surface area contributed by atoms with Crippen molar-refractivity contribution in [1.82, 2.24) is 10.2 Å². The second-order valence-corrected chi connectivity index (χ2v) is 12.7. The molecular formula is C33H43N3O4S. The Bertz CT molecular complexity index is 1390. The van der Waals surface area contributed by atoms with Crippen LogP contribution in [-0.4, -0.2) is 50.0 Å². The predicted molar refractivity (Wildman–Crippen MR) is 166 cm³/mol. The molecule has 3 aromatic rings. The van der Waals surface area contributed by atoms with Gasteiger partial charge in [0.05, 0.1) is 11.9 Å². The van der Waals surface area contributed by atoms with Crippen LogP contribution in [0.5, 0.6) is 0 Å². The predicted octanol–water partition coefficient (Wildman–Crippen LogP) is 5.27. The molecule has 2 amide bonds. The zero-order valence-corrected chi connectivity index (χ0v) is 25.7. The molecule has 0 heterocycles. The highest BCUT2D eigenvalue weighted by Crippen LogP contribution is 2.22. The van der Waals surface area contributed by atoms with Crippen molar-refractivity contribution in [3.63, 3.8) is 0 Å². The van der Waals surface area contributed by atoms with Gasteiger partial charge in [0.15, 0.2) is 0 Å². The highest BCUT2D eigenvalue weighted by Gasteiger charge is 2.31. The molecule has 0 bridgehead atoms. The lowest BCUT2D eigenvalue weighted by atomic mass is 10.0. The maximum absolute atomic E-state index is 13.9. The fourth-order valence-electron chi connectivity index (χ4n) is 4.81. The summed E-state index contributed by atoms with van der Waals surface area (Å²) in [5.74, 6) is -0.401. The highest BCUT2D eigenvalue weighted by molar-refractivity contribution is 7.92. The summed E-state index contributed by atoms with van der Waals surface area (Å²) in [6.07, 6.45) is 2.83. The Kier molecular flexibility index (Phi) is 11.5. The standard InChI is InChI=1S/C33H43N3O4S/c1-6-27-18-20-30(21-19-27)36(41(5,39)40)22-12-17-32(37)35(24-29-16-11-10-13-26(29)4)31(33(38)34-25(2)3)23-28-14-8-7-9-15-28/h7-11,13-16,18-21,25,31H,6,12,17,22-24H2,1-5H3,(H,34,38)/t31-/m0/s1. The number of benzene rings is 3. The topological polar surface area (TPSA) is 86.8 Å². The van der Waals surface area contributed by atoms with Crippen molar-refractivity contribution in [1.29, 1.82) is 0 Å². The molecule has 1 atom stereocenters. The number of amides is 2. The van der Waals surface area contributed by atoms with E-state index >= 15 is 0 Å². The molecule has 0 spiro atoms. The van der Waals surface area contributed by atoms with Gasteiger partial charge < -0.3 is 10.2 Å². The van der Waals surface area contributed by atoms with Crippen molar-refractivity contribution in [3.05, 3.63) is 101 Å². The molecule has 220 valence electrons. The molecule has 41 heavy (non-hydrogen) atoms. The van der Waals surface area contributed by atoms with Gasteiger partial charge in [0, 0.05) is 32.0 Å². The van der Waals surface area contributed by atoms with Gasteiger partial charge in [0.25, 0.3) is 0 Å². The van der Waals surface area contributed by atoms with E-state index in [1.807, 2.05) is 94.4 Å². The summed E-state index contributed by atoms with van der Waals surface area (Å²) >= 11 is 0. The summed E-state index contributed by atoms with van der Waals surface area (Å²) in [7, 11) is -3.55. The van der Waals surface area contributed by atoms with E-state index in [0.29, 0.717) is 18.5 Å². The van der Waals surface area contributed by atoms with E-state index in [1.165, 1.54) is 10.6 Å². The maximum atomic E-state index is 13.9. The SMILES string of the molecule is CCc1ccc(N(CCCC(=O)N(Cc2ccccc2C)[C@@H](Cc2ccccc2)C(=O)NC(C)C)S(C)(=O)=O)cc1. The molecular weight excluding hydrogens is 534 g/mol. The van der Waals surface area contributed by atoms with Gasteiger partial charge in [-0.25, -0.2) is 8.42 Å². The lowest BCUT2D eigenvalue weighted by molar-refractivity contribution is -0.141. The summed E-state index contributed by atoms with van der Waals surface area (Å²) in [5.41, 5.74) is 4.65. The molecule has 0 aliphatic carbocycles. The van der Waals surface area contributed by atoms with Gasteiger partial charge in [0.1, 0.15) is 6.04 Å². The lowest BCUT2D eigenvalue weighted by Gasteiger charge is -2.33. The number of hydrogen-bond donors (Lipinski definition) is 1. The van der Waals surface area contributed by atoms with Crippen LogP contribution in [0.4, 0.5) is 5.69 Å². The third-order valence-electron chi connectivity index (χ3n) is 7.09. The highest BCUT2D eigenvalue weighted by atomic mass is 32.2. The molecule has 0 unspecified atom stereocenters. The van der Waals surface area contributed by atoms with Crippen LogP contribution in [0.2, 0.25) is 0 Å². The third-order valence-corrected chi connectivity index (χ3v) is 8.28. The first-order valence-corrected chi connectivity index (χ1v) is 16.1. The molecule has 7 nitrogen and oxygen atoms in total. The summed E-state index contributed by atoms with van der Waals surface area (Å²) in [6, 6.07) is 24.2. The van der Waals surface area contributed by atoms with Crippen molar-refractivity contribution in [2.75, 3.05) is 17.1 Å². The number of nitrogens with one attached hydrogen (secondary N) is 1. The Morgan fingerprint density at radius 2 is 1.51 bits per heavy atom. The molecule has 3 rings (SSSR count). The second kappa shape index (κ2) is 14.8. The van der Waals surface area contributed by atoms with Gasteiger partial charge in [-0.2, -0.15) is 0 Å². The lowest BCUT2D eigenvalue weighted by Crippen LogP contribution is -2.52. The van der Waals surface area contributed by atoms with Crippen LogP contribution in [0.15, 0.2) is 78.9 Å². The van der Waals surface area contributed by atoms with Crippen LogP contribution in [0.25, 0.3) is 0 Å². The van der Waals surface area contributed by atoms with Crippen molar-refractivity contribution < 1.29 is 18.0 Å². The van der Waals surface area contributed by atoms with E-state index in [2.05, 4.69) is 5.32 Å². The normalized spacial score (nSPS) is 12.1. The van der Waals surface area contributed by atoms with Gasteiger partial charge in [-0.1, -0.05) is 73.7 Å². The molecule has 8 heteroatoms. The summed E-state index contributed by atoms with van der Waals surface area (Å²) < 4.78 is 26.7. The quantitative estimate of drug-likeness (QED) is 0.283. The molecule has 0 radical (unpaired) electrons. The van der Waals surface area contributed by atoms with Gasteiger partial charge >= 0.3 is 0 Å². The van der Waals surface area contributed by atoms with Crippen molar-refractivity contribution in [3.8, 4) is 0 Å². The van der Waals surface area contributed by atoms with Gasteiger partial charge in [-0.15, -0.1) is 0 Å². The molecule has 0 aliphatic rings. The van der Waals surface area contributed by atoms with Crippen LogP contribution in [0.3, 0.4) is 0 Å². The first-order valence-electron chi connectivity index (χ1n) is 14.2. The number of aryl methyl sites for hydroxylation is 2. The number of carbonyl (C=O) groups is 2. The fraction of sp³-hybridized carbons (Fsp3) is 0.394. The Hall–Kier alpha value is -3.65.